The third-order valence-corrected chi connectivity index (χ3v) is 5.11. The van der Waals surface area contributed by atoms with Crippen molar-refractivity contribution in [2.45, 2.75) is 6.92 Å². The maximum absolute atomic E-state index is 11.5. The maximum Gasteiger partial charge on any atom is 1.00 e. The van der Waals surface area contributed by atoms with E-state index < -0.39 is 7.12 Å². The van der Waals surface area contributed by atoms with Crippen LogP contribution < -0.4 is 50.9 Å². The molecule has 3 aromatic heterocycles. The number of methoxy groups -OCH3 is 1. The minimum atomic E-state index is -1.34. The Bertz CT molecular complexity index is 1820. The zero-order valence-corrected chi connectivity index (χ0v) is 28.8. The number of rotatable bonds is 3. The SMILES string of the molecule is CC[S-].OB(O)c1ccccc1.[C-]#[N+]c1ccc(=O)[nH]c1.[C-]#[N+]c1ccc(=O)n(-c2ccccc2)c1.[C-]#[N+]c1ccc(OC)nc1.[Na+]. The smallest absolute Gasteiger partial charge is 0.793 e. The first-order chi connectivity index (χ1) is 22.2. The fraction of sp³-hybridized carbons (Fsp3) is 0.0909. The molecule has 232 valence electrons. The average Bonchev–Trinajstić information content (AvgIpc) is 3.11. The van der Waals surface area contributed by atoms with Gasteiger partial charge in [-0.1, -0.05) is 55.5 Å². The normalized spacial score (nSPS) is 8.55. The molecule has 0 amide bonds. The number of benzene rings is 2. The van der Waals surface area contributed by atoms with Crippen molar-refractivity contribution in [1.29, 1.82) is 0 Å². The molecule has 0 spiro atoms. The van der Waals surface area contributed by atoms with Gasteiger partial charge in [-0.25, -0.2) is 19.5 Å². The van der Waals surface area contributed by atoms with Crippen molar-refractivity contribution in [1.82, 2.24) is 14.5 Å². The van der Waals surface area contributed by atoms with Crippen LogP contribution >= 0.6 is 0 Å². The second-order valence-electron chi connectivity index (χ2n) is 8.31. The van der Waals surface area contributed by atoms with Gasteiger partial charge in [-0.15, -0.1) is 0 Å². The van der Waals surface area contributed by atoms with Gasteiger partial charge in [0.05, 0.1) is 26.8 Å². The quantitative estimate of drug-likeness (QED) is 0.154. The summed E-state index contributed by atoms with van der Waals surface area (Å²) in [5.41, 5.74) is 2.43. The second kappa shape index (κ2) is 25.3. The Balaban J connectivity index is 0.000000593. The van der Waals surface area contributed by atoms with Gasteiger partial charge in [-0.05, 0) is 54.0 Å². The van der Waals surface area contributed by atoms with Crippen LogP contribution in [0.5, 0.6) is 5.88 Å². The topological polar surface area (TPSA) is 131 Å². The van der Waals surface area contributed by atoms with Gasteiger partial charge in [0.1, 0.15) is 0 Å². The number of nitrogens with one attached hydrogen (secondary N) is 1. The molecule has 0 saturated heterocycles. The largest absolute Gasteiger partial charge is 1.00 e. The third-order valence-electron chi connectivity index (χ3n) is 5.11. The van der Waals surface area contributed by atoms with E-state index >= 15 is 0 Å². The zero-order valence-electron chi connectivity index (χ0n) is 26.0. The zero-order chi connectivity index (χ0) is 34.2. The summed E-state index contributed by atoms with van der Waals surface area (Å²) in [5.74, 6) is 1.37. The number of ether oxygens (including phenoxy) is 1. The number of hydrogen-bond donors (Lipinski definition) is 3. The Morgan fingerprint density at radius 3 is 1.79 bits per heavy atom. The molecule has 0 aliphatic heterocycles. The molecule has 5 rings (SSSR count). The van der Waals surface area contributed by atoms with Gasteiger partial charge < -0.3 is 32.4 Å². The van der Waals surface area contributed by atoms with Gasteiger partial charge in [-0.3, -0.25) is 14.2 Å². The maximum atomic E-state index is 11.5. The minimum Gasteiger partial charge on any atom is -0.793 e. The average molecular weight is 657 g/mol. The predicted octanol–water partition coefficient (Wildman–Crippen LogP) is 1.88. The van der Waals surface area contributed by atoms with Crippen LogP contribution in [0.3, 0.4) is 0 Å². The van der Waals surface area contributed by atoms with Crippen LogP contribution in [0.2, 0.25) is 0 Å². The molecule has 14 heteroatoms. The van der Waals surface area contributed by atoms with Crippen molar-refractivity contribution >= 4 is 42.3 Å². The van der Waals surface area contributed by atoms with Crippen LogP contribution in [0.4, 0.5) is 17.1 Å². The third kappa shape index (κ3) is 17.4. The van der Waals surface area contributed by atoms with Crippen LogP contribution in [-0.4, -0.2) is 44.6 Å². The molecule has 0 bridgehead atoms. The van der Waals surface area contributed by atoms with E-state index in [1.165, 1.54) is 41.2 Å². The van der Waals surface area contributed by atoms with Gasteiger partial charge in [0.15, 0.2) is 0 Å². The molecular weight excluding hydrogens is 626 g/mol. The molecule has 0 unspecified atom stereocenters. The summed E-state index contributed by atoms with van der Waals surface area (Å²) in [6.45, 7) is 22.0. The Hall–Kier alpha value is -4.91. The predicted molar refractivity (Wildman–Crippen MR) is 183 cm³/mol. The first-order valence-corrected chi connectivity index (χ1v) is 13.9. The summed E-state index contributed by atoms with van der Waals surface area (Å²) in [5, 5.41) is 17.2. The van der Waals surface area contributed by atoms with E-state index in [2.05, 4.69) is 37.1 Å². The summed E-state index contributed by atoms with van der Waals surface area (Å²) in [4.78, 5) is 37.7. The first kappa shape index (κ1) is 42.1. The molecule has 0 fully saturated rings. The number of hydrogen-bond acceptors (Lipinski definition) is 7. The molecule has 3 heterocycles. The summed E-state index contributed by atoms with van der Waals surface area (Å²) in [6.07, 6.45) is 4.41. The molecule has 0 aliphatic carbocycles. The molecular formula is C33H30BN6NaO5S. The van der Waals surface area contributed by atoms with E-state index in [-0.39, 0.29) is 40.7 Å². The number of nitrogens with zero attached hydrogens (tertiary/aromatic N) is 5. The number of H-pyrrole nitrogens is 1. The van der Waals surface area contributed by atoms with Crippen LogP contribution in [0.25, 0.3) is 20.2 Å². The van der Waals surface area contributed by atoms with Crippen LogP contribution in [0, 0.1) is 19.7 Å². The van der Waals surface area contributed by atoms with Gasteiger partial charge >= 0.3 is 36.7 Å². The standard InChI is InChI=1S/C12H8N2O.C7H6N2O.C6H7BO2.C6H4N2O.C2H6S.Na/c1-13-10-7-8-12(15)14(9-10)11-5-3-2-4-6-11;1-8-6-3-4-7(10-2)9-5-6;8-7(9)6-4-2-1-3-5-6;1-7-5-2-3-6(9)8-4-5;1-2-3;/h2-9H;3-5H,2H3;1-5,8-9H;2-4H,(H,8,9);3H,2H2,1H3;/q;;;;;+1/p-1. The van der Waals surface area contributed by atoms with E-state index in [1.807, 2.05) is 43.3 Å². The van der Waals surface area contributed by atoms with E-state index in [1.54, 1.807) is 49.7 Å². The van der Waals surface area contributed by atoms with Crippen molar-refractivity contribution in [2.75, 3.05) is 12.9 Å². The Labute approximate surface area is 301 Å². The first-order valence-electron chi connectivity index (χ1n) is 13.3. The fourth-order valence-electron chi connectivity index (χ4n) is 2.99. The van der Waals surface area contributed by atoms with E-state index in [4.69, 9.17) is 34.5 Å². The van der Waals surface area contributed by atoms with Crippen molar-refractivity contribution in [2.24, 2.45) is 0 Å². The van der Waals surface area contributed by atoms with Gasteiger partial charge in [0, 0.05) is 24.3 Å². The van der Waals surface area contributed by atoms with Crippen molar-refractivity contribution in [3.63, 3.8) is 0 Å². The van der Waals surface area contributed by atoms with Gasteiger partial charge in [-0.2, -0.15) is 5.75 Å². The summed E-state index contributed by atoms with van der Waals surface area (Å²) in [6, 6.07) is 27.0. The van der Waals surface area contributed by atoms with Crippen LogP contribution in [-0.2, 0) is 12.6 Å². The molecule has 2 aromatic carbocycles. The summed E-state index contributed by atoms with van der Waals surface area (Å²) >= 11 is 4.39. The molecule has 47 heavy (non-hydrogen) atoms. The second-order valence-corrected chi connectivity index (χ2v) is 8.89. The molecule has 0 saturated carbocycles. The Morgan fingerprint density at radius 1 is 0.830 bits per heavy atom. The molecule has 5 aromatic rings. The summed E-state index contributed by atoms with van der Waals surface area (Å²) < 4.78 is 6.27. The molecule has 11 nitrogen and oxygen atoms in total. The Kier molecular flexibility index (Phi) is 22.7. The van der Waals surface area contributed by atoms with E-state index in [9.17, 15) is 9.59 Å². The van der Waals surface area contributed by atoms with Gasteiger partial charge in [0.2, 0.25) is 28.5 Å². The molecule has 0 atom stereocenters. The minimum absolute atomic E-state index is 0. The number of aromatic amines is 1. The van der Waals surface area contributed by atoms with Crippen LogP contribution in [0.15, 0.2) is 125 Å². The Morgan fingerprint density at radius 2 is 1.36 bits per heavy atom. The van der Waals surface area contributed by atoms with Crippen molar-refractivity contribution in [3.8, 4) is 11.6 Å². The molecule has 0 aliphatic rings. The number of pyridine rings is 3. The fourth-order valence-corrected chi connectivity index (χ4v) is 2.99. The van der Waals surface area contributed by atoms with Gasteiger partial charge in [0.25, 0.3) is 5.56 Å². The van der Waals surface area contributed by atoms with E-state index in [0.717, 1.165) is 11.4 Å². The van der Waals surface area contributed by atoms with Crippen molar-refractivity contribution in [3.05, 3.63) is 171 Å². The van der Waals surface area contributed by atoms with Crippen LogP contribution in [0.1, 0.15) is 6.92 Å². The van der Waals surface area contributed by atoms with Crippen molar-refractivity contribution < 1.29 is 44.3 Å². The van der Waals surface area contributed by atoms with E-state index in [0.29, 0.717) is 28.4 Å². The molecule has 0 radical (unpaired) electrons. The molecule has 3 N–H and O–H groups in total. The number of para-hydroxylation sites is 1. The number of aromatic nitrogens is 3. The summed E-state index contributed by atoms with van der Waals surface area (Å²) in [7, 11) is 0.200. The monoisotopic (exact) mass is 656 g/mol.